The van der Waals surface area contributed by atoms with Crippen LogP contribution in [0.15, 0.2) is 6.07 Å². The van der Waals surface area contributed by atoms with Crippen molar-refractivity contribution >= 4 is 11.6 Å². The summed E-state index contributed by atoms with van der Waals surface area (Å²) in [7, 11) is 0. The van der Waals surface area contributed by atoms with Gasteiger partial charge in [-0.25, -0.2) is 13.2 Å². The van der Waals surface area contributed by atoms with Crippen molar-refractivity contribution in [3.05, 3.63) is 34.1 Å². The quantitative estimate of drug-likeness (QED) is 0.786. The van der Waals surface area contributed by atoms with Crippen LogP contribution in [-0.2, 0) is 6.42 Å². The zero-order valence-corrected chi connectivity index (χ0v) is 9.13. The van der Waals surface area contributed by atoms with E-state index in [1.54, 1.807) is 13.8 Å². The molecular formula is C10H11ClF3N. The lowest BCUT2D eigenvalue weighted by Crippen LogP contribution is -2.35. The first-order chi connectivity index (χ1) is 6.72. The van der Waals surface area contributed by atoms with Crippen LogP contribution >= 0.6 is 11.6 Å². The van der Waals surface area contributed by atoms with Gasteiger partial charge in [-0.3, -0.25) is 0 Å². The Morgan fingerprint density at radius 1 is 1.27 bits per heavy atom. The Morgan fingerprint density at radius 3 is 2.27 bits per heavy atom. The fourth-order valence-electron chi connectivity index (χ4n) is 1.23. The van der Waals surface area contributed by atoms with Gasteiger partial charge in [-0.05, 0) is 26.3 Å². The van der Waals surface area contributed by atoms with Crippen LogP contribution in [0.25, 0.3) is 0 Å². The molecule has 1 nitrogen and oxygen atoms in total. The van der Waals surface area contributed by atoms with Crippen molar-refractivity contribution in [2.75, 3.05) is 0 Å². The molecule has 1 aromatic rings. The van der Waals surface area contributed by atoms with E-state index >= 15 is 0 Å². The highest BCUT2D eigenvalue weighted by Gasteiger charge is 2.22. The van der Waals surface area contributed by atoms with E-state index in [-0.39, 0.29) is 6.42 Å². The molecule has 0 spiro atoms. The summed E-state index contributed by atoms with van der Waals surface area (Å²) in [5, 5.41) is -0.437. The van der Waals surface area contributed by atoms with Crippen LogP contribution in [0, 0.1) is 17.5 Å². The summed E-state index contributed by atoms with van der Waals surface area (Å²) in [4.78, 5) is 0. The van der Waals surface area contributed by atoms with E-state index in [0.717, 1.165) is 0 Å². The number of hydrogen-bond acceptors (Lipinski definition) is 1. The van der Waals surface area contributed by atoms with Gasteiger partial charge < -0.3 is 5.73 Å². The molecule has 0 heterocycles. The van der Waals surface area contributed by atoms with E-state index in [4.69, 9.17) is 17.3 Å². The first-order valence-corrected chi connectivity index (χ1v) is 4.71. The van der Waals surface area contributed by atoms with Gasteiger partial charge in [0, 0.05) is 11.1 Å². The monoisotopic (exact) mass is 237 g/mol. The SMILES string of the molecule is CC(C)(N)Cc1c(F)c(F)cc(Cl)c1F. The second kappa shape index (κ2) is 4.02. The predicted molar refractivity (Wildman–Crippen MR) is 53.3 cm³/mol. The molecule has 0 fully saturated rings. The van der Waals surface area contributed by atoms with Gasteiger partial charge in [-0.2, -0.15) is 0 Å². The molecular weight excluding hydrogens is 227 g/mol. The minimum Gasteiger partial charge on any atom is -0.325 e. The Labute approximate surface area is 91.0 Å². The summed E-state index contributed by atoms with van der Waals surface area (Å²) in [5.41, 5.74) is 4.36. The van der Waals surface area contributed by atoms with Crippen LogP contribution in [0.3, 0.4) is 0 Å². The number of benzene rings is 1. The van der Waals surface area contributed by atoms with Crippen LogP contribution in [0.4, 0.5) is 13.2 Å². The molecule has 1 aromatic carbocycles. The maximum absolute atomic E-state index is 13.4. The van der Waals surface area contributed by atoms with Crippen molar-refractivity contribution in [2.24, 2.45) is 5.73 Å². The fraction of sp³-hybridized carbons (Fsp3) is 0.400. The maximum Gasteiger partial charge on any atom is 0.165 e. The van der Waals surface area contributed by atoms with Gasteiger partial charge in [0.05, 0.1) is 5.02 Å². The van der Waals surface area contributed by atoms with Gasteiger partial charge in [-0.1, -0.05) is 11.6 Å². The maximum atomic E-state index is 13.4. The molecule has 0 unspecified atom stereocenters. The molecule has 0 amide bonds. The molecule has 84 valence electrons. The Bertz CT molecular complexity index is 359. The lowest BCUT2D eigenvalue weighted by molar-refractivity contribution is 0.444. The summed E-state index contributed by atoms with van der Waals surface area (Å²) >= 11 is 5.40. The van der Waals surface area contributed by atoms with Crippen LogP contribution < -0.4 is 5.73 Å². The average Bonchev–Trinajstić information content (AvgIpc) is 2.08. The summed E-state index contributed by atoms with van der Waals surface area (Å²) in [6.07, 6.45) is -0.123. The average molecular weight is 238 g/mol. The van der Waals surface area contributed by atoms with Crippen molar-refractivity contribution in [1.29, 1.82) is 0 Å². The summed E-state index contributed by atoms with van der Waals surface area (Å²) in [6, 6.07) is 0.610. The van der Waals surface area contributed by atoms with Gasteiger partial charge in [-0.15, -0.1) is 0 Å². The molecule has 0 bridgehead atoms. The van der Waals surface area contributed by atoms with Crippen molar-refractivity contribution in [3.8, 4) is 0 Å². The zero-order chi connectivity index (χ0) is 11.8. The summed E-state index contributed by atoms with van der Waals surface area (Å²) < 4.78 is 39.6. The Morgan fingerprint density at radius 2 is 1.80 bits per heavy atom. The highest BCUT2D eigenvalue weighted by atomic mass is 35.5. The molecule has 0 aliphatic rings. The minimum atomic E-state index is -1.23. The molecule has 0 aliphatic heterocycles. The van der Waals surface area contributed by atoms with Gasteiger partial charge in [0.1, 0.15) is 5.82 Å². The molecule has 2 N–H and O–H groups in total. The molecule has 0 saturated heterocycles. The topological polar surface area (TPSA) is 26.0 Å². The van der Waals surface area contributed by atoms with E-state index in [2.05, 4.69) is 0 Å². The molecule has 0 radical (unpaired) electrons. The van der Waals surface area contributed by atoms with Gasteiger partial charge in [0.15, 0.2) is 11.6 Å². The lowest BCUT2D eigenvalue weighted by Gasteiger charge is -2.19. The molecule has 0 saturated carbocycles. The van der Waals surface area contributed by atoms with Crippen molar-refractivity contribution in [1.82, 2.24) is 0 Å². The van der Waals surface area contributed by atoms with Crippen molar-refractivity contribution < 1.29 is 13.2 Å². The van der Waals surface area contributed by atoms with E-state index in [0.29, 0.717) is 6.07 Å². The second-order valence-corrected chi connectivity index (χ2v) is 4.52. The third-order valence-electron chi connectivity index (χ3n) is 1.84. The standard InChI is InChI=1S/C10H11ClF3N/c1-10(2,15)4-5-8(13)6(11)3-7(12)9(5)14/h3H,4,15H2,1-2H3. The zero-order valence-electron chi connectivity index (χ0n) is 8.37. The molecule has 0 aromatic heterocycles. The third kappa shape index (κ3) is 2.86. The van der Waals surface area contributed by atoms with Crippen molar-refractivity contribution in [3.63, 3.8) is 0 Å². The highest BCUT2D eigenvalue weighted by molar-refractivity contribution is 6.30. The highest BCUT2D eigenvalue weighted by Crippen LogP contribution is 2.26. The van der Waals surface area contributed by atoms with Crippen molar-refractivity contribution in [2.45, 2.75) is 25.8 Å². The van der Waals surface area contributed by atoms with Gasteiger partial charge in [0.25, 0.3) is 0 Å². The minimum absolute atomic E-state index is 0.123. The van der Waals surface area contributed by atoms with Crippen LogP contribution in [0.2, 0.25) is 5.02 Å². The number of nitrogens with two attached hydrogens (primary N) is 1. The fourth-order valence-corrected chi connectivity index (χ4v) is 1.44. The normalized spacial score (nSPS) is 11.9. The van der Waals surface area contributed by atoms with E-state index in [1.165, 1.54) is 0 Å². The van der Waals surface area contributed by atoms with Gasteiger partial charge in [0.2, 0.25) is 0 Å². The molecule has 1 rings (SSSR count). The summed E-state index contributed by atoms with van der Waals surface area (Å²) in [5.74, 6) is -3.34. The second-order valence-electron chi connectivity index (χ2n) is 4.11. The Balaban J connectivity index is 3.27. The van der Waals surface area contributed by atoms with E-state index in [1.807, 2.05) is 0 Å². The van der Waals surface area contributed by atoms with Crippen LogP contribution in [-0.4, -0.2) is 5.54 Å². The predicted octanol–water partition coefficient (Wildman–Crippen LogP) is 3.04. The molecule has 15 heavy (non-hydrogen) atoms. The van der Waals surface area contributed by atoms with Crippen LogP contribution in [0.5, 0.6) is 0 Å². The smallest absolute Gasteiger partial charge is 0.165 e. The van der Waals surface area contributed by atoms with Gasteiger partial charge >= 0.3 is 0 Å². The number of hydrogen-bond donors (Lipinski definition) is 1. The summed E-state index contributed by atoms with van der Waals surface area (Å²) in [6.45, 7) is 3.18. The number of halogens is 4. The first-order valence-electron chi connectivity index (χ1n) is 4.33. The first kappa shape index (κ1) is 12.3. The van der Waals surface area contributed by atoms with E-state index in [9.17, 15) is 13.2 Å². The number of rotatable bonds is 2. The third-order valence-corrected chi connectivity index (χ3v) is 2.11. The van der Waals surface area contributed by atoms with Crippen LogP contribution in [0.1, 0.15) is 19.4 Å². The largest absolute Gasteiger partial charge is 0.325 e. The Hall–Kier alpha value is -0.740. The van der Waals surface area contributed by atoms with E-state index < -0.39 is 33.6 Å². The lowest BCUT2D eigenvalue weighted by atomic mass is 9.95. The molecule has 5 heteroatoms. The molecule has 0 aliphatic carbocycles. The molecule has 0 atom stereocenters. The Kier molecular flexibility index (Phi) is 3.31.